The fourth-order valence-electron chi connectivity index (χ4n) is 3.97. The molecule has 0 radical (unpaired) electrons. The molecule has 0 spiro atoms. The first-order valence-corrected chi connectivity index (χ1v) is 9.63. The zero-order valence-electron chi connectivity index (χ0n) is 14.9. The van der Waals surface area contributed by atoms with Gasteiger partial charge >= 0.3 is 0 Å². The Balaban J connectivity index is 1.54. The third-order valence-corrected chi connectivity index (χ3v) is 5.53. The molecule has 0 unspecified atom stereocenters. The smallest absolute Gasteiger partial charge is 0.196 e. The van der Waals surface area contributed by atoms with Crippen molar-refractivity contribution in [3.8, 4) is 11.3 Å². The number of nitrogens with one attached hydrogen (secondary N) is 2. The summed E-state index contributed by atoms with van der Waals surface area (Å²) in [6, 6.07) is 19.1. The van der Waals surface area contributed by atoms with Gasteiger partial charge in [-0.2, -0.15) is 0 Å². The van der Waals surface area contributed by atoms with Crippen LogP contribution in [0.2, 0.25) is 0 Å². The number of hydrogen-bond donors (Lipinski definition) is 2. The molecule has 0 bridgehead atoms. The fraction of sp³-hybridized carbons (Fsp3) is 0.182. The van der Waals surface area contributed by atoms with Crippen molar-refractivity contribution < 1.29 is 0 Å². The van der Waals surface area contributed by atoms with Crippen molar-refractivity contribution in [1.82, 2.24) is 19.9 Å². The average Bonchev–Trinajstić information content (AvgIpc) is 3.07. The molecule has 1 aliphatic rings. The second-order valence-electron chi connectivity index (χ2n) is 7.04. The maximum absolute atomic E-state index is 5.21. The van der Waals surface area contributed by atoms with E-state index in [1.54, 1.807) is 0 Å². The van der Waals surface area contributed by atoms with Crippen LogP contribution in [0.3, 0.4) is 0 Å². The number of aromatic nitrogens is 3. The molecule has 27 heavy (non-hydrogen) atoms. The molecule has 0 aliphatic carbocycles. The van der Waals surface area contributed by atoms with Gasteiger partial charge in [-0.3, -0.25) is 4.90 Å². The van der Waals surface area contributed by atoms with E-state index in [-0.39, 0.29) is 0 Å². The van der Waals surface area contributed by atoms with Gasteiger partial charge in [0.25, 0.3) is 0 Å². The van der Waals surface area contributed by atoms with Crippen molar-refractivity contribution in [3.63, 3.8) is 0 Å². The van der Waals surface area contributed by atoms with Gasteiger partial charge in [0.15, 0.2) is 4.77 Å². The summed E-state index contributed by atoms with van der Waals surface area (Å²) in [4.78, 5) is 13.6. The van der Waals surface area contributed by atoms with Gasteiger partial charge in [0.1, 0.15) is 0 Å². The minimum Gasteiger partial charge on any atom is -0.354 e. The Kier molecular flexibility index (Phi) is 4.11. The van der Waals surface area contributed by atoms with Crippen LogP contribution in [-0.4, -0.2) is 26.4 Å². The van der Waals surface area contributed by atoms with Gasteiger partial charge in [0.2, 0.25) is 0 Å². The Morgan fingerprint density at radius 2 is 1.81 bits per heavy atom. The highest BCUT2D eigenvalue weighted by Gasteiger charge is 2.21. The normalized spacial score (nSPS) is 14.4. The van der Waals surface area contributed by atoms with Crippen molar-refractivity contribution in [3.05, 3.63) is 82.4 Å². The summed E-state index contributed by atoms with van der Waals surface area (Å²) in [5.41, 5.74) is 7.46. The van der Waals surface area contributed by atoms with Gasteiger partial charge in [-0.05, 0) is 41.4 Å². The first-order chi connectivity index (χ1) is 13.3. The van der Waals surface area contributed by atoms with Crippen LogP contribution in [-0.2, 0) is 19.5 Å². The Morgan fingerprint density at radius 1 is 1.00 bits per heavy atom. The molecular weight excluding hydrogens is 352 g/mol. The van der Waals surface area contributed by atoms with Gasteiger partial charge in [-0.15, -0.1) is 0 Å². The third kappa shape index (κ3) is 3.09. The van der Waals surface area contributed by atoms with Crippen molar-refractivity contribution in [1.29, 1.82) is 0 Å². The van der Waals surface area contributed by atoms with Crippen molar-refractivity contribution in [2.75, 3.05) is 6.54 Å². The van der Waals surface area contributed by atoms with E-state index >= 15 is 0 Å². The van der Waals surface area contributed by atoms with Crippen LogP contribution in [0.25, 0.3) is 22.2 Å². The SMILES string of the molecule is S=c1ncc2c([nH]1)CN(Cc1c(-c3ccccc3)[nH]c3ccccc13)CC2. The van der Waals surface area contributed by atoms with E-state index < -0.39 is 0 Å². The summed E-state index contributed by atoms with van der Waals surface area (Å²) >= 11 is 5.21. The van der Waals surface area contributed by atoms with E-state index in [0.717, 1.165) is 26.1 Å². The fourth-order valence-corrected chi connectivity index (χ4v) is 4.14. The number of rotatable bonds is 3. The molecule has 0 saturated carbocycles. The Morgan fingerprint density at radius 3 is 2.70 bits per heavy atom. The molecule has 2 aromatic carbocycles. The summed E-state index contributed by atoms with van der Waals surface area (Å²) in [5, 5.41) is 1.30. The van der Waals surface area contributed by atoms with Crippen LogP contribution in [0.1, 0.15) is 16.8 Å². The second kappa shape index (κ2) is 6.76. The molecule has 1 aliphatic heterocycles. The lowest BCUT2D eigenvalue weighted by Crippen LogP contribution is -2.31. The number of para-hydroxylation sites is 1. The quantitative estimate of drug-likeness (QED) is 0.506. The van der Waals surface area contributed by atoms with E-state index in [9.17, 15) is 0 Å². The maximum atomic E-state index is 5.21. The van der Waals surface area contributed by atoms with Gasteiger partial charge in [-0.1, -0.05) is 48.5 Å². The van der Waals surface area contributed by atoms with Gasteiger partial charge in [0, 0.05) is 42.4 Å². The molecule has 2 N–H and O–H groups in total. The molecule has 2 aromatic heterocycles. The molecule has 4 nitrogen and oxygen atoms in total. The zero-order chi connectivity index (χ0) is 18.2. The molecule has 5 rings (SSSR count). The zero-order valence-corrected chi connectivity index (χ0v) is 15.7. The predicted molar refractivity (Wildman–Crippen MR) is 111 cm³/mol. The van der Waals surface area contributed by atoms with Crippen LogP contribution >= 0.6 is 12.2 Å². The van der Waals surface area contributed by atoms with E-state index in [0.29, 0.717) is 4.77 Å². The monoisotopic (exact) mass is 372 g/mol. The van der Waals surface area contributed by atoms with E-state index in [1.807, 2.05) is 6.20 Å². The van der Waals surface area contributed by atoms with Gasteiger partial charge in [0.05, 0.1) is 5.69 Å². The Hall–Kier alpha value is -2.76. The van der Waals surface area contributed by atoms with Gasteiger partial charge < -0.3 is 9.97 Å². The molecular formula is C22H20N4S. The molecule has 0 amide bonds. The maximum Gasteiger partial charge on any atom is 0.196 e. The molecule has 134 valence electrons. The lowest BCUT2D eigenvalue weighted by molar-refractivity contribution is 0.242. The lowest BCUT2D eigenvalue weighted by atomic mass is 10.0. The van der Waals surface area contributed by atoms with Crippen LogP contribution in [0.5, 0.6) is 0 Å². The molecule has 5 heteroatoms. The number of benzene rings is 2. The number of hydrogen-bond acceptors (Lipinski definition) is 3. The first kappa shape index (κ1) is 16.4. The van der Waals surface area contributed by atoms with E-state index in [2.05, 4.69) is 74.4 Å². The summed E-state index contributed by atoms with van der Waals surface area (Å²) in [5.74, 6) is 0. The first-order valence-electron chi connectivity index (χ1n) is 9.22. The van der Waals surface area contributed by atoms with Crippen LogP contribution < -0.4 is 0 Å². The Labute approximate surface area is 162 Å². The minimum atomic E-state index is 0.563. The van der Waals surface area contributed by atoms with Crippen molar-refractivity contribution in [2.45, 2.75) is 19.5 Å². The standard InChI is InChI=1S/C22H20N4S/c27-22-23-12-16-10-11-26(14-20(16)25-22)13-18-17-8-4-5-9-19(17)24-21(18)15-6-2-1-3-7-15/h1-9,12,24H,10-11,13-14H2,(H,23,25,27). The highest BCUT2D eigenvalue weighted by atomic mass is 32.1. The summed E-state index contributed by atoms with van der Waals surface area (Å²) < 4.78 is 0.563. The topological polar surface area (TPSA) is 47.7 Å². The highest BCUT2D eigenvalue weighted by Crippen LogP contribution is 2.32. The molecule has 0 atom stereocenters. The molecule has 0 saturated heterocycles. The number of aromatic amines is 2. The summed E-state index contributed by atoms with van der Waals surface area (Å²) in [6.07, 6.45) is 2.92. The van der Waals surface area contributed by atoms with Crippen molar-refractivity contribution >= 4 is 23.1 Å². The number of fused-ring (bicyclic) bond motifs is 2. The molecule has 4 aromatic rings. The predicted octanol–water partition coefficient (Wildman–Crippen LogP) is 4.85. The number of H-pyrrole nitrogens is 2. The Bertz CT molecular complexity index is 1160. The van der Waals surface area contributed by atoms with Crippen LogP contribution in [0, 0.1) is 4.77 Å². The number of nitrogens with zero attached hydrogens (tertiary/aromatic N) is 2. The summed E-state index contributed by atoms with van der Waals surface area (Å²) in [7, 11) is 0. The van der Waals surface area contributed by atoms with Crippen molar-refractivity contribution in [2.24, 2.45) is 0 Å². The molecule has 0 fully saturated rings. The molecule has 3 heterocycles. The van der Waals surface area contributed by atoms with Crippen LogP contribution in [0.4, 0.5) is 0 Å². The van der Waals surface area contributed by atoms with Gasteiger partial charge in [-0.25, -0.2) is 4.98 Å². The van der Waals surface area contributed by atoms with E-state index in [1.165, 1.54) is 39.0 Å². The largest absolute Gasteiger partial charge is 0.354 e. The average molecular weight is 372 g/mol. The van der Waals surface area contributed by atoms with E-state index in [4.69, 9.17) is 12.2 Å². The minimum absolute atomic E-state index is 0.563. The highest BCUT2D eigenvalue weighted by molar-refractivity contribution is 7.71. The van der Waals surface area contributed by atoms with Crippen LogP contribution in [0.15, 0.2) is 60.8 Å². The third-order valence-electron chi connectivity index (χ3n) is 5.32. The second-order valence-corrected chi connectivity index (χ2v) is 7.43. The lowest BCUT2D eigenvalue weighted by Gasteiger charge is -2.28. The summed E-state index contributed by atoms with van der Waals surface area (Å²) in [6.45, 7) is 2.79.